The first-order valence-corrected chi connectivity index (χ1v) is 9.14. The quantitative estimate of drug-likeness (QED) is 0.700. The highest BCUT2D eigenvalue weighted by Gasteiger charge is 2.40. The summed E-state index contributed by atoms with van der Waals surface area (Å²) in [6, 6.07) is 17.2. The third kappa shape index (κ3) is 2.12. The van der Waals surface area contributed by atoms with Crippen molar-refractivity contribution in [3.05, 3.63) is 76.8 Å². The smallest absolute Gasteiger partial charge is 0.268 e. The van der Waals surface area contributed by atoms with Gasteiger partial charge in [0.05, 0.1) is 12.1 Å². The van der Waals surface area contributed by atoms with Gasteiger partial charge in [-0.25, -0.2) is 12.7 Å². The van der Waals surface area contributed by atoms with E-state index in [4.69, 9.17) is 11.6 Å². The van der Waals surface area contributed by atoms with Crippen LogP contribution in [-0.2, 0) is 16.6 Å². The molecule has 0 aromatic heterocycles. The van der Waals surface area contributed by atoms with E-state index in [0.29, 0.717) is 5.02 Å². The van der Waals surface area contributed by atoms with Crippen LogP contribution in [0.4, 0.5) is 0 Å². The van der Waals surface area contributed by atoms with E-state index < -0.39 is 15.9 Å². The van der Waals surface area contributed by atoms with E-state index in [0.717, 1.165) is 20.6 Å². The van der Waals surface area contributed by atoms with Crippen LogP contribution < -0.4 is 0 Å². The molecule has 0 saturated carbocycles. The van der Waals surface area contributed by atoms with Gasteiger partial charge in [-0.1, -0.05) is 54.1 Å². The average Bonchev–Trinajstić information content (AvgIpc) is 2.79. The SMILES string of the molecule is O=C1c2ccccc2S(=O)(=O)N1Cc1ccc(Cl)c2ccccc12. The fourth-order valence-electron chi connectivity index (χ4n) is 3.00. The van der Waals surface area contributed by atoms with Gasteiger partial charge in [0.15, 0.2) is 0 Å². The van der Waals surface area contributed by atoms with Gasteiger partial charge in [-0.3, -0.25) is 4.79 Å². The maximum absolute atomic E-state index is 12.7. The Bertz CT molecular complexity index is 1090. The maximum Gasteiger partial charge on any atom is 0.269 e. The van der Waals surface area contributed by atoms with Gasteiger partial charge in [-0.05, 0) is 29.1 Å². The first-order chi connectivity index (χ1) is 11.5. The zero-order valence-corrected chi connectivity index (χ0v) is 14.0. The van der Waals surface area contributed by atoms with E-state index in [1.807, 2.05) is 24.3 Å². The molecule has 24 heavy (non-hydrogen) atoms. The van der Waals surface area contributed by atoms with Crippen LogP contribution in [0.1, 0.15) is 15.9 Å². The third-order valence-electron chi connectivity index (χ3n) is 4.19. The van der Waals surface area contributed by atoms with Crippen LogP contribution in [0.15, 0.2) is 65.6 Å². The van der Waals surface area contributed by atoms with Crippen LogP contribution in [0.25, 0.3) is 10.8 Å². The summed E-state index contributed by atoms with van der Waals surface area (Å²) in [7, 11) is -3.82. The van der Waals surface area contributed by atoms with E-state index >= 15 is 0 Å². The highest BCUT2D eigenvalue weighted by atomic mass is 35.5. The molecule has 4 nitrogen and oxygen atoms in total. The van der Waals surface area contributed by atoms with Crippen LogP contribution in [0, 0.1) is 0 Å². The zero-order chi connectivity index (χ0) is 16.9. The molecule has 0 N–H and O–H groups in total. The summed E-state index contributed by atoms with van der Waals surface area (Å²) in [6.07, 6.45) is 0. The van der Waals surface area contributed by atoms with Crippen molar-refractivity contribution >= 4 is 38.3 Å². The van der Waals surface area contributed by atoms with Crippen LogP contribution in [-0.4, -0.2) is 18.6 Å². The number of halogens is 1. The number of benzene rings is 3. The Kier molecular flexibility index (Phi) is 3.37. The van der Waals surface area contributed by atoms with Crippen LogP contribution in [0.3, 0.4) is 0 Å². The van der Waals surface area contributed by atoms with Crippen molar-refractivity contribution in [1.82, 2.24) is 4.31 Å². The number of carbonyl (C=O) groups is 1. The second kappa shape index (κ2) is 5.33. The Morgan fingerprint density at radius 1 is 0.875 bits per heavy atom. The van der Waals surface area contributed by atoms with E-state index in [1.165, 1.54) is 12.1 Å². The lowest BCUT2D eigenvalue weighted by Gasteiger charge is -2.17. The number of rotatable bonds is 2. The standard InChI is InChI=1S/C18H12ClNO3S/c19-16-10-9-12(13-5-1-2-6-14(13)16)11-20-18(21)15-7-3-4-8-17(15)24(20,22)23/h1-10H,11H2. The van der Waals surface area contributed by atoms with Gasteiger partial charge in [-0.15, -0.1) is 0 Å². The highest BCUT2D eigenvalue weighted by molar-refractivity contribution is 7.90. The molecule has 1 heterocycles. The predicted molar refractivity (Wildman–Crippen MR) is 92.5 cm³/mol. The first-order valence-electron chi connectivity index (χ1n) is 7.32. The molecule has 120 valence electrons. The summed E-state index contributed by atoms with van der Waals surface area (Å²) in [5.41, 5.74) is 0.954. The van der Waals surface area contributed by atoms with E-state index in [9.17, 15) is 13.2 Å². The Balaban J connectivity index is 1.83. The molecule has 3 aromatic rings. The Morgan fingerprint density at radius 3 is 2.29 bits per heavy atom. The lowest BCUT2D eigenvalue weighted by molar-refractivity contribution is 0.0865. The summed E-state index contributed by atoms with van der Waals surface area (Å²) in [6.45, 7) is -0.0203. The maximum atomic E-state index is 12.7. The molecule has 0 unspecified atom stereocenters. The lowest BCUT2D eigenvalue weighted by atomic mass is 10.0. The minimum atomic E-state index is -3.82. The largest absolute Gasteiger partial charge is 0.269 e. The molecule has 0 atom stereocenters. The summed E-state index contributed by atoms with van der Waals surface area (Å²) in [5.74, 6) is -0.496. The van der Waals surface area contributed by atoms with Gasteiger partial charge in [-0.2, -0.15) is 0 Å². The van der Waals surface area contributed by atoms with Crippen molar-refractivity contribution in [3.8, 4) is 0 Å². The molecule has 0 fully saturated rings. The number of hydrogen-bond acceptors (Lipinski definition) is 3. The van der Waals surface area contributed by atoms with E-state index in [2.05, 4.69) is 0 Å². The average molecular weight is 358 g/mol. The molecule has 0 bridgehead atoms. The zero-order valence-electron chi connectivity index (χ0n) is 12.4. The second-order valence-corrected chi connectivity index (χ2v) is 7.80. The normalized spacial score (nSPS) is 15.7. The summed E-state index contributed by atoms with van der Waals surface area (Å²) >= 11 is 6.20. The number of carbonyl (C=O) groups excluding carboxylic acids is 1. The number of fused-ring (bicyclic) bond motifs is 2. The first kappa shape index (κ1) is 15.2. The molecule has 1 aliphatic rings. The van der Waals surface area contributed by atoms with Gasteiger partial charge in [0.2, 0.25) is 0 Å². The summed E-state index contributed by atoms with van der Waals surface area (Å²) in [4.78, 5) is 12.6. The molecule has 1 amide bonds. The summed E-state index contributed by atoms with van der Waals surface area (Å²) in [5, 5.41) is 2.26. The minimum absolute atomic E-state index is 0.0203. The highest BCUT2D eigenvalue weighted by Crippen LogP contribution is 2.33. The molecule has 0 spiro atoms. The number of nitrogens with zero attached hydrogens (tertiary/aromatic N) is 1. The predicted octanol–water partition coefficient (Wildman–Crippen LogP) is 3.84. The fourth-order valence-corrected chi connectivity index (χ4v) is 4.78. The molecular formula is C18H12ClNO3S. The molecule has 0 aliphatic carbocycles. The molecule has 0 saturated heterocycles. The van der Waals surface area contributed by atoms with Crippen LogP contribution >= 0.6 is 11.6 Å². The minimum Gasteiger partial charge on any atom is -0.268 e. The van der Waals surface area contributed by atoms with Gasteiger partial charge >= 0.3 is 0 Å². The van der Waals surface area contributed by atoms with Gasteiger partial charge < -0.3 is 0 Å². The summed E-state index contributed by atoms with van der Waals surface area (Å²) < 4.78 is 26.3. The van der Waals surface area contributed by atoms with E-state index in [1.54, 1.807) is 24.3 Å². The Morgan fingerprint density at radius 2 is 1.54 bits per heavy atom. The van der Waals surface area contributed by atoms with Crippen LogP contribution in [0.5, 0.6) is 0 Å². The fraction of sp³-hybridized carbons (Fsp3) is 0.0556. The number of hydrogen-bond donors (Lipinski definition) is 0. The monoisotopic (exact) mass is 357 g/mol. The van der Waals surface area contributed by atoms with Crippen molar-refractivity contribution in [1.29, 1.82) is 0 Å². The van der Waals surface area contributed by atoms with E-state index in [-0.39, 0.29) is 17.0 Å². The molecular weight excluding hydrogens is 346 g/mol. The van der Waals surface area contributed by atoms with Crippen molar-refractivity contribution in [3.63, 3.8) is 0 Å². The van der Waals surface area contributed by atoms with Gasteiger partial charge in [0.25, 0.3) is 15.9 Å². The van der Waals surface area contributed by atoms with Crippen molar-refractivity contribution in [2.45, 2.75) is 11.4 Å². The van der Waals surface area contributed by atoms with Crippen molar-refractivity contribution in [2.75, 3.05) is 0 Å². The molecule has 1 aliphatic heterocycles. The van der Waals surface area contributed by atoms with Crippen LogP contribution in [0.2, 0.25) is 5.02 Å². The molecule has 3 aromatic carbocycles. The Hall–Kier alpha value is -2.37. The topological polar surface area (TPSA) is 54.5 Å². The second-order valence-electron chi connectivity index (χ2n) is 5.57. The lowest BCUT2D eigenvalue weighted by Crippen LogP contribution is -2.29. The van der Waals surface area contributed by atoms with Crippen molar-refractivity contribution in [2.24, 2.45) is 0 Å². The molecule has 0 radical (unpaired) electrons. The van der Waals surface area contributed by atoms with Gasteiger partial charge in [0.1, 0.15) is 4.90 Å². The Labute approximate surface area is 144 Å². The number of amides is 1. The number of sulfonamides is 1. The molecule has 4 rings (SSSR count). The molecule has 6 heteroatoms. The van der Waals surface area contributed by atoms with Crippen molar-refractivity contribution < 1.29 is 13.2 Å². The third-order valence-corrected chi connectivity index (χ3v) is 6.30. The van der Waals surface area contributed by atoms with Gasteiger partial charge in [0, 0.05) is 10.4 Å².